The molecule has 0 aliphatic carbocycles. The summed E-state index contributed by atoms with van der Waals surface area (Å²) in [5.41, 5.74) is 3.04. The average molecular weight is 548 g/mol. The zero-order valence-corrected chi connectivity index (χ0v) is 21.6. The molecule has 0 radical (unpaired) electrons. The van der Waals surface area contributed by atoms with E-state index in [0.717, 1.165) is 26.7 Å². The Bertz CT molecular complexity index is 1150. The van der Waals surface area contributed by atoms with E-state index in [0.29, 0.717) is 12.2 Å². The molecule has 3 aromatic rings. The number of nitrogens with zero attached hydrogens (tertiary/aromatic N) is 1. The van der Waals surface area contributed by atoms with Gasteiger partial charge in [-0.25, -0.2) is 8.42 Å². The third-order valence-electron chi connectivity index (χ3n) is 5.04. The number of thioether (sulfide) groups is 1. The maximum absolute atomic E-state index is 13.3. The van der Waals surface area contributed by atoms with Crippen LogP contribution in [0.1, 0.15) is 17.5 Å². The zero-order chi connectivity index (χ0) is 23.7. The second-order valence-electron chi connectivity index (χ2n) is 7.48. The number of halogens is 1. The third-order valence-corrected chi connectivity index (χ3v) is 8.45. The van der Waals surface area contributed by atoms with E-state index in [1.165, 1.54) is 23.3 Å². The number of sulfonamides is 1. The molecular formula is C25H27BrN2O3S2. The van der Waals surface area contributed by atoms with E-state index in [1.54, 1.807) is 42.5 Å². The molecule has 5 nitrogen and oxygen atoms in total. The lowest BCUT2D eigenvalue weighted by Gasteiger charge is -2.24. The van der Waals surface area contributed by atoms with Crippen molar-refractivity contribution < 1.29 is 13.2 Å². The molecule has 3 aromatic carbocycles. The van der Waals surface area contributed by atoms with Crippen molar-refractivity contribution >= 4 is 49.3 Å². The fourth-order valence-corrected chi connectivity index (χ4v) is 5.93. The molecule has 174 valence electrons. The minimum Gasteiger partial charge on any atom is -0.354 e. The van der Waals surface area contributed by atoms with E-state index >= 15 is 0 Å². The fraction of sp³-hybridized carbons (Fsp3) is 0.240. The van der Waals surface area contributed by atoms with Gasteiger partial charge < -0.3 is 5.32 Å². The molecule has 8 heteroatoms. The van der Waals surface area contributed by atoms with Gasteiger partial charge in [0.1, 0.15) is 6.54 Å². The Balaban J connectivity index is 1.56. The van der Waals surface area contributed by atoms with Crippen LogP contribution in [-0.2, 0) is 20.6 Å². The topological polar surface area (TPSA) is 66.5 Å². The molecule has 0 spiro atoms. The summed E-state index contributed by atoms with van der Waals surface area (Å²) in [6.07, 6.45) is 0.812. The average Bonchev–Trinajstić information content (AvgIpc) is 2.82. The van der Waals surface area contributed by atoms with Crippen LogP contribution in [0.4, 0.5) is 5.69 Å². The number of rotatable bonds is 11. The maximum Gasteiger partial charge on any atom is 0.264 e. The molecule has 0 unspecified atom stereocenters. The molecule has 1 amide bonds. The first kappa shape index (κ1) is 25.3. The van der Waals surface area contributed by atoms with E-state index in [4.69, 9.17) is 0 Å². The number of hydrogen-bond acceptors (Lipinski definition) is 4. The van der Waals surface area contributed by atoms with Gasteiger partial charge in [0.05, 0.1) is 10.6 Å². The molecular weight excluding hydrogens is 520 g/mol. The first-order valence-electron chi connectivity index (χ1n) is 10.6. The molecule has 0 saturated carbocycles. The van der Waals surface area contributed by atoms with Gasteiger partial charge >= 0.3 is 0 Å². The van der Waals surface area contributed by atoms with Crippen molar-refractivity contribution in [3.8, 4) is 0 Å². The van der Waals surface area contributed by atoms with Crippen LogP contribution in [0.3, 0.4) is 0 Å². The summed E-state index contributed by atoms with van der Waals surface area (Å²) in [6, 6.07) is 23.4. The smallest absolute Gasteiger partial charge is 0.264 e. The molecule has 0 bridgehead atoms. The van der Waals surface area contributed by atoms with Gasteiger partial charge in [-0.2, -0.15) is 11.8 Å². The van der Waals surface area contributed by atoms with Crippen LogP contribution in [0.2, 0.25) is 0 Å². The van der Waals surface area contributed by atoms with Crippen molar-refractivity contribution in [1.82, 2.24) is 5.32 Å². The lowest BCUT2D eigenvalue weighted by atomic mass is 10.1. The van der Waals surface area contributed by atoms with Gasteiger partial charge in [-0.05, 0) is 66.6 Å². The van der Waals surface area contributed by atoms with Crippen molar-refractivity contribution in [1.29, 1.82) is 0 Å². The van der Waals surface area contributed by atoms with Crippen LogP contribution in [0.25, 0.3) is 0 Å². The lowest BCUT2D eigenvalue weighted by Crippen LogP contribution is -2.41. The number of anilines is 1. The van der Waals surface area contributed by atoms with Crippen LogP contribution in [0.5, 0.6) is 0 Å². The fourth-order valence-electron chi connectivity index (χ4n) is 3.18. The first-order valence-corrected chi connectivity index (χ1v) is 14.0. The van der Waals surface area contributed by atoms with Gasteiger partial charge in [-0.1, -0.05) is 58.4 Å². The van der Waals surface area contributed by atoms with E-state index in [9.17, 15) is 13.2 Å². The van der Waals surface area contributed by atoms with Gasteiger partial charge in [-0.3, -0.25) is 9.10 Å². The zero-order valence-electron chi connectivity index (χ0n) is 18.4. The summed E-state index contributed by atoms with van der Waals surface area (Å²) < 4.78 is 28.5. The Kier molecular flexibility index (Phi) is 9.41. The largest absolute Gasteiger partial charge is 0.354 e. The molecule has 0 atom stereocenters. The number of carbonyl (C=O) groups is 1. The highest BCUT2D eigenvalue weighted by Crippen LogP contribution is 2.25. The van der Waals surface area contributed by atoms with Crippen LogP contribution in [0.15, 0.2) is 88.2 Å². The second kappa shape index (κ2) is 12.3. The van der Waals surface area contributed by atoms with E-state index < -0.39 is 10.0 Å². The molecule has 0 fully saturated rings. The number of carbonyl (C=O) groups excluding carboxylic acids is 1. The predicted molar refractivity (Wildman–Crippen MR) is 140 cm³/mol. The highest BCUT2D eigenvalue weighted by atomic mass is 79.9. The Morgan fingerprint density at radius 2 is 1.64 bits per heavy atom. The Morgan fingerprint density at radius 1 is 0.970 bits per heavy atom. The van der Waals surface area contributed by atoms with E-state index in [1.807, 2.05) is 23.9 Å². The third kappa shape index (κ3) is 7.35. The maximum atomic E-state index is 13.3. The molecule has 33 heavy (non-hydrogen) atoms. The van der Waals surface area contributed by atoms with Crippen molar-refractivity contribution in [3.05, 3.63) is 94.5 Å². The standard InChI is InChI=1S/C25H27BrN2O3S2/c1-20-8-5-6-9-21(20)19-32-17-7-16-27-25(29)18-28(23-14-12-22(26)13-15-23)33(30,31)24-10-3-2-4-11-24/h2-6,8-15H,7,16-19H2,1H3,(H,27,29). The van der Waals surface area contributed by atoms with Crippen molar-refractivity contribution in [2.75, 3.05) is 23.1 Å². The Labute approximate surface area is 208 Å². The minimum absolute atomic E-state index is 0.147. The molecule has 0 saturated heterocycles. The number of nitrogens with one attached hydrogen (secondary N) is 1. The van der Waals surface area contributed by atoms with E-state index in [-0.39, 0.29) is 17.3 Å². The van der Waals surface area contributed by atoms with Gasteiger partial charge in [0.15, 0.2) is 0 Å². The van der Waals surface area contributed by atoms with Gasteiger partial charge in [0.2, 0.25) is 5.91 Å². The first-order chi connectivity index (χ1) is 15.9. The van der Waals surface area contributed by atoms with Gasteiger partial charge in [0.25, 0.3) is 10.0 Å². The highest BCUT2D eigenvalue weighted by molar-refractivity contribution is 9.10. The Hall–Kier alpha value is -2.29. The number of amides is 1. The summed E-state index contributed by atoms with van der Waals surface area (Å²) in [5, 5.41) is 2.86. The molecule has 0 aliphatic rings. The van der Waals surface area contributed by atoms with Crippen LogP contribution in [0, 0.1) is 6.92 Å². The summed E-state index contributed by atoms with van der Waals surface area (Å²) in [7, 11) is -3.88. The van der Waals surface area contributed by atoms with Crippen LogP contribution < -0.4 is 9.62 Å². The predicted octanol–water partition coefficient (Wildman–Crippen LogP) is 5.39. The highest BCUT2D eigenvalue weighted by Gasteiger charge is 2.26. The quantitative estimate of drug-likeness (QED) is 0.327. The minimum atomic E-state index is -3.88. The van der Waals surface area contributed by atoms with Crippen molar-refractivity contribution in [2.24, 2.45) is 0 Å². The lowest BCUT2D eigenvalue weighted by molar-refractivity contribution is -0.119. The number of benzene rings is 3. The summed E-state index contributed by atoms with van der Waals surface area (Å²) >= 11 is 5.19. The Morgan fingerprint density at radius 3 is 2.33 bits per heavy atom. The van der Waals surface area contributed by atoms with E-state index in [2.05, 4.69) is 40.3 Å². The van der Waals surface area contributed by atoms with Crippen molar-refractivity contribution in [3.63, 3.8) is 0 Å². The molecule has 0 aliphatic heterocycles. The SMILES string of the molecule is Cc1ccccc1CSCCCNC(=O)CN(c1ccc(Br)cc1)S(=O)(=O)c1ccccc1. The molecule has 0 aromatic heterocycles. The van der Waals surface area contributed by atoms with Gasteiger partial charge in [-0.15, -0.1) is 0 Å². The molecule has 1 N–H and O–H groups in total. The summed E-state index contributed by atoms with van der Waals surface area (Å²) in [6.45, 7) is 2.32. The van der Waals surface area contributed by atoms with Gasteiger partial charge in [0, 0.05) is 16.8 Å². The number of hydrogen-bond donors (Lipinski definition) is 1. The number of aryl methyl sites for hydroxylation is 1. The normalized spacial score (nSPS) is 11.2. The van der Waals surface area contributed by atoms with Crippen LogP contribution in [-0.4, -0.2) is 33.2 Å². The van der Waals surface area contributed by atoms with Crippen LogP contribution >= 0.6 is 27.7 Å². The summed E-state index contributed by atoms with van der Waals surface area (Å²) in [5.74, 6) is 1.52. The second-order valence-corrected chi connectivity index (χ2v) is 11.4. The summed E-state index contributed by atoms with van der Waals surface area (Å²) in [4.78, 5) is 12.8. The molecule has 3 rings (SSSR count). The molecule has 0 heterocycles. The monoisotopic (exact) mass is 546 g/mol. The van der Waals surface area contributed by atoms with Crippen molar-refractivity contribution in [2.45, 2.75) is 24.0 Å².